The topological polar surface area (TPSA) is 560 Å². The van der Waals surface area contributed by atoms with Gasteiger partial charge in [0.25, 0.3) is 17.1 Å². The fourth-order valence-corrected chi connectivity index (χ4v) is 13.8. The second-order valence-corrected chi connectivity index (χ2v) is 23.9. The molecular formula is C35H48N15O25P4+. The molecule has 10 heterocycles. The van der Waals surface area contributed by atoms with Crippen LogP contribution in [0, 0.1) is 0 Å². The van der Waals surface area contributed by atoms with Crippen LogP contribution < -0.4 is 32.9 Å². The van der Waals surface area contributed by atoms with Crippen LogP contribution >= 0.6 is 31.3 Å². The van der Waals surface area contributed by atoms with E-state index in [0.29, 0.717) is 0 Å². The van der Waals surface area contributed by atoms with Gasteiger partial charge in [0.2, 0.25) is 17.7 Å². The van der Waals surface area contributed by atoms with Crippen LogP contribution in [0.25, 0.3) is 33.5 Å². The molecule has 40 nitrogen and oxygen atoms in total. The lowest BCUT2D eigenvalue weighted by molar-refractivity contribution is -0.745. The molecule has 4 aliphatic rings. The van der Waals surface area contributed by atoms with Crippen molar-refractivity contribution in [2.45, 2.75) is 73.1 Å². The highest BCUT2D eigenvalue weighted by Crippen LogP contribution is 2.68. The maximum Gasteiger partial charge on any atom is 0.490 e. The number of hydrogen-bond donors (Lipinski definition) is 12. The van der Waals surface area contributed by atoms with Gasteiger partial charge in [-0.05, 0) is 0 Å². The Morgan fingerprint density at radius 3 is 2.16 bits per heavy atom. The summed E-state index contributed by atoms with van der Waals surface area (Å²) in [6.07, 6.45) is -12.7. The van der Waals surface area contributed by atoms with E-state index in [1.807, 2.05) is 0 Å². The SMILES string of the molecule is COCCOC1[C@@H](COP(=O)(O)OP(=O)(O)OP(=O)(O)OC[C@]23CO[C@@H](C2OP(=O)(O)OC[C@H]2O[C@@H](n4cnc5c(=O)[nH]c(N)nc54)[C@@H](O)C2O)[C@H](n2cnc4c(N)ncnc42)O3)O[C@@H]([n+]2cn(C)c3c(=O)[nH]c(N)nc32)[C@H]1O. The number of nitrogens with one attached hydrogen (secondary N) is 2. The Morgan fingerprint density at radius 1 is 0.772 bits per heavy atom. The number of aryl methyl sites for hydroxylation is 1. The summed E-state index contributed by atoms with van der Waals surface area (Å²) in [7, 11) is -20.7. The van der Waals surface area contributed by atoms with E-state index in [-0.39, 0.29) is 64.4 Å². The molecule has 79 heavy (non-hydrogen) atoms. The third-order valence-corrected chi connectivity index (χ3v) is 17.8. The first kappa shape index (κ1) is 57.1. The predicted octanol–water partition coefficient (Wildman–Crippen LogP) is -4.29. The number of hydrogen-bond acceptors (Lipinski definition) is 30. The highest BCUT2D eigenvalue weighted by atomic mass is 31.3. The minimum absolute atomic E-state index is 0.00514. The zero-order valence-corrected chi connectivity index (χ0v) is 44.0. The molecule has 4 saturated heterocycles. The Bertz CT molecular complexity index is 3620. The number of H-pyrrole nitrogens is 2. The summed E-state index contributed by atoms with van der Waals surface area (Å²) in [4.78, 5) is 96.8. The number of aliphatic hydroxyl groups is 3. The van der Waals surface area contributed by atoms with Gasteiger partial charge in [-0.2, -0.15) is 13.6 Å². The van der Waals surface area contributed by atoms with Gasteiger partial charge >= 0.3 is 36.9 Å². The summed E-state index contributed by atoms with van der Waals surface area (Å²) in [5, 5.41) is 33.2. The summed E-state index contributed by atoms with van der Waals surface area (Å²) < 4.78 is 122. The second-order valence-electron chi connectivity index (χ2n) is 17.8. The van der Waals surface area contributed by atoms with E-state index < -0.39 is 142 Å². The summed E-state index contributed by atoms with van der Waals surface area (Å²) in [5.41, 5.74) is 13.4. The van der Waals surface area contributed by atoms with Crippen LogP contribution in [0.5, 0.6) is 0 Å². The molecule has 0 radical (unpaired) electrons. The van der Waals surface area contributed by atoms with Crippen molar-refractivity contribution in [3.05, 3.63) is 46.0 Å². The van der Waals surface area contributed by atoms with Gasteiger partial charge in [0, 0.05) is 7.11 Å². The van der Waals surface area contributed by atoms with Gasteiger partial charge in [0.1, 0.15) is 66.3 Å². The van der Waals surface area contributed by atoms with E-state index in [2.05, 4.69) is 48.5 Å². The second kappa shape index (κ2) is 21.3. The van der Waals surface area contributed by atoms with E-state index >= 15 is 0 Å². The number of nitrogens with two attached hydrogens (primary N) is 3. The quantitative estimate of drug-likeness (QED) is 0.0174. The first-order chi connectivity index (χ1) is 37.2. The zero-order chi connectivity index (χ0) is 56.7. The zero-order valence-electron chi connectivity index (χ0n) is 40.4. The smallest absolute Gasteiger partial charge is 0.387 e. The van der Waals surface area contributed by atoms with Crippen LogP contribution in [0.2, 0.25) is 0 Å². The Kier molecular flexibility index (Phi) is 15.4. The van der Waals surface area contributed by atoms with E-state index in [0.717, 1.165) is 17.2 Å². The van der Waals surface area contributed by atoms with Crippen molar-refractivity contribution in [3.63, 3.8) is 0 Å². The molecule has 6 aromatic heterocycles. The van der Waals surface area contributed by atoms with Gasteiger partial charge in [-0.1, -0.05) is 4.98 Å². The number of ether oxygens (including phenoxy) is 6. The summed E-state index contributed by atoms with van der Waals surface area (Å²) >= 11 is 0. The minimum atomic E-state index is -6.22. The lowest BCUT2D eigenvalue weighted by Gasteiger charge is -2.32. The molecule has 44 heteroatoms. The largest absolute Gasteiger partial charge is 0.490 e. The lowest BCUT2D eigenvalue weighted by atomic mass is 10.0. The van der Waals surface area contributed by atoms with Crippen LogP contribution in [0.4, 0.5) is 17.7 Å². The maximum absolute atomic E-state index is 13.8. The van der Waals surface area contributed by atoms with Crippen molar-refractivity contribution in [1.29, 1.82) is 0 Å². The first-order valence-corrected chi connectivity index (χ1v) is 28.7. The van der Waals surface area contributed by atoms with Crippen LogP contribution in [0.15, 0.2) is 34.9 Å². The first-order valence-electron chi connectivity index (χ1n) is 22.7. The van der Waals surface area contributed by atoms with E-state index in [1.165, 1.54) is 40.5 Å². The van der Waals surface area contributed by atoms with Gasteiger partial charge in [-0.15, -0.1) is 0 Å². The maximum atomic E-state index is 13.8. The molecule has 10 rings (SSSR count). The number of phosphoric acid groups is 4. The monoisotopic (exact) mass is 1200 g/mol. The molecule has 6 aromatic rings. The molecule has 4 fully saturated rings. The number of phosphoric ester groups is 3. The third-order valence-electron chi connectivity index (χ3n) is 12.6. The normalized spacial score (nSPS) is 31.0. The van der Waals surface area contributed by atoms with Crippen molar-refractivity contribution < 1.29 is 113 Å². The van der Waals surface area contributed by atoms with Crippen molar-refractivity contribution in [2.75, 3.05) is 64.0 Å². The van der Waals surface area contributed by atoms with Gasteiger partial charge in [0.05, 0.1) is 59.3 Å². The molecule has 0 saturated carbocycles. The van der Waals surface area contributed by atoms with Crippen molar-refractivity contribution in [1.82, 2.24) is 53.6 Å². The summed E-state index contributed by atoms with van der Waals surface area (Å²) in [6.45, 7) is -4.13. The van der Waals surface area contributed by atoms with Gasteiger partial charge in [-0.3, -0.25) is 51.4 Å². The Balaban J connectivity index is 0.818. The summed E-state index contributed by atoms with van der Waals surface area (Å²) in [6, 6.07) is 0. The molecule has 7 unspecified atom stereocenters. The van der Waals surface area contributed by atoms with Gasteiger partial charge in [0.15, 0.2) is 41.4 Å². The molecule has 0 spiro atoms. The molecule has 16 atom stereocenters. The van der Waals surface area contributed by atoms with Gasteiger partial charge in [-0.25, -0.2) is 42.8 Å². The number of fused-ring (bicyclic) bond motifs is 5. The summed E-state index contributed by atoms with van der Waals surface area (Å²) in [5.74, 6) is -0.672. The minimum Gasteiger partial charge on any atom is -0.387 e. The van der Waals surface area contributed by atoms with Crippen LogP contribution in [-0.2, 0) is 80.4 Å². The number of imidazole rings is 3. The molecular weight excluding hydrogens is 1150 g/mol. The van der Waals surface area contributed by atoms with Gasteiger partial charge < -0.3 is 80.5 Å². The van der Waals surface area contributed by atoms with E-state index in [9.17, 15) is 62.7 Å². The number of methoxy groups -OCH3 is 1. The lowest BCUT2D eigenvalue weighted by Crippen LogP contribution is -2.46. The van der Waals surface area contributed by atoms with Crippen LogP contribution in [-0.4, -0.2) is 190 Å². The number of nitrogens with zero attached hydrogens (tertiary/aromatic N) is 10. The molecule has 432 valence electrons. The molecule has 0 aromatic carbocycles. The highest BCUT2D eigenvalue weighted by molar-refractivity contribution is 7.66. The molecule has 4 aliphatic heterocycles. The third kappa shape index (κ3) is 11.2. The van der Waals surface area contributed by atoms with E-state index in [1.54, 1.807) is 0 Å². The van der Waals surface area contributed by atoms with Crippen molar-refractivity contribution in [3.8, 4) is 0 Å². The number of aromatic nitrogens is 12. The van der Waals surface area contributed by atoms with Crippen molar-refractivity contribution in [2.24, 2.45) is 7.05 Å². The predicted molar refractivity (Wildman–Crippen MR) is 252 cm³/mol. The number of nitrogen functional groups attached to an aromatic ring is 3. The Labute approximate surface area is 438 Å². The number of rotatable bonds is 22. The highest BCUT2D eigenvalue weighted by Gasteiger charge is 2.66. The fraction of sp³-hybridized carbons (Fsp3) is 0.571. The Morgan fingerprint density at radius 2 is 1.43 bits per heavy atom. The molecule has 2 bridgehead atoms. The average Bonchev–Trinajstić information content (AvgIpc) is 4.05. The standard InChI is InChI=1S/C35H47N15O25P4/c1-47-12-50(27-17(47)29(55)46-34(38)44-27)31-20(53)21(65-4-3-64-2)14(71-31)6-68-77(58,59)74-79(62,63)75-78(60,61)69-8-35-7-66-22(32(72-35)48-10-41-15-24(36)39-9-40-25(15)48)23(35)73-76(56,57)67-5-13-18(51)19(52)30(70-13)49-11-42-16-26(49)43-33(37)45-28(16)54/h9-14,18-23,30-32,51-53H,3-8H2,1-2H3,(H11-,36,37,38,39,40,43,44,45,46,54,55,56,57,58,59,60,61,62,63)/p+1/t13-,14-,18?,19+,20+,21?,22+,23?,30-,31-,32-,35-/m1/s1. The van der Waals surface area contributed by atoms with Crippen molar-refractivity contribution >= 4 is 82.5 Å². The van der Waals surface area contributed by atoms with Crippen LogP contribution in [0.3, 0.4) is 0 Å². The fourth-order valence-electron chi connectivity index (χ4n) is 9.19. The molecule has 15 N–H and O–H groups in total. The van der Waals surface area contributed by atoms with Crippen LogP contribution in [0.1, 0.15) is 18.7 Å². The Hall–Kier alpha value is -5.19. The number of aliphatic hydroxyl groups excluding tert-OH is 3. The molecule has 0 aliphatic carbocycles. The average molecular weight is 1200 g/mol. The molecule has 0 amide bonds. The van der Waals surface area contributed by atoms with E-state index in [4.69, 9.17) is 63.7 Å². The number of anilines is 3. The number of aromatic amines is 2.